The minimum Gasteiger partial charge on any atom is -0.368 e. The highest BCUT2D eigenvalue weighted by molar-refractivity contribution is 4.97. The topological polar surface area (TPSA) is 66.5 Å². The first-order chi connectivity index (χ1) is 5.54. The molecule has 0 aromatic rings. The Morgan fingerprint density at radius 1 is 1.50 bits per heavy atom. The summed E-state index contributed by atoms with van der Waals surface area (Å²) in [6.07, 6.45) is 3.90. The van der Waals surface area contributed by atoms with Crippen molar-refractivity contribution in [3.63, 3.8) is 0 Å². The molecule has 0 aromatic heterocycles. The van der Waals surface area contributed by atoms with Crippen LogP contribution in [0.15, 0.2) is 12.2 Å². The monoisotopic (exact) mass is 173 g/mol. The zero-order valence-electron chi connectivity index (χ0n) is 7.83. The van der Waals surface area contributed by atoms with Crippen molar-refractivity contribution >= 4 is 0 Å². The third-order valence-corrected chi connectivity index (χ3v) is 1.87. The van der Waals surface area contributed by atoms with Gasteiger partial charge in [0.25, 0.3) is 0 Å². The smallest absolute Gasteiger partial charge is 0.152 e. The molecule has 0 radical (unpaired) electrons. The van der Waals surface area contributed by atoms with E-state index < -0.39 is 6.29 Å². The maximum Gasteiger partial charge on any atom is 0.152 e. The van der Waals surface area contributed by atoms with Crippen LogP contribution in [-0.2, 0) is 0 Å². The maximum atomic E-state index is 8.78. The highest BCUT2D eigenvalue weighted by atomic mass is 16.5. The Morgan fingerprint density at radius 3 is 2.42 bits per heavy atom. The van der Waals surface area contributed by atoms with Crippen molar-refractivity contribution < 1.29 is 10.2 Å². The first-order valence-electron chi connectivity index (χ1n) is 4.28. The van der Waals surface area contributed by atoms with Gasteiger partial charge in [-0.05, 0) is 6.42 Å². The summed E-state index contributed by atoms with van der Waals surface area (Å²) in [7, 11) is 0. The van der Waals surface area contributed by atoms with Crippen molar-refractivity contribution in [3.8, 4) is 0 Å². The molecule has 0 aliphatic heterocycles. The third kappa shape index (κ3) is 4.49. The quantitative estimate of drug-likeness (QED) is 0.422. The summed E-state index contributed by atoms with van der Waals surface area (Å²) < 4.78 is 0. The predicted molar refractivity (Wildman–Crippen MR) is 49.4 cm³/mol. The van der Waals surface area contributed by atoms with E-state index in [9.17, 15) is 0 Å². The lowest BCUT2D eigenvalue weighted by Crippen LogP contribution is -2.29. The minimum atomic E-state index is -1.28. The van der Waals surface area contributed by atoms with Crippen LogP contribution in [-0.4, -0.2) is 23.0 Å². The van der Waals surface area contributed by atoms with Crippen LogP contribution in [0.4, 0.5) is 0 Å². The Bertz CT molecular complexity index is 145. The van der Waals surface area contributed by atoms with Crippen LogP contribution in [0.1, 0.15) is 26.7 Å². The van der Waals surface area contributed by atoms with Crippen LogP contribution < -0.4 is 5.73 Å². The lowest BCUT2D eigenvalue weighted by molar-refractivity contribution is -0.0622. The van der Waals surface area contributed by atoms with Crippen molar-refractivity contribution in [1.29, 1.82) is 0 Å². The Balaban J connectivity index is 4.13. The molecule has 0 amide bonds. The van der Waals surface area contributed by atoms with Gasteiger partial charge in [-0.15, -0.1) is 0 Å². The van der Waals surface area contributed by atoms with Crippen molar-refractivity contribution in [1.82, 2.24) is 0 Å². The van der Waals surface area contributed by atoms with Crippen molar-refractivity contribution in [2.45, 2.75) is 33.0 Å². The summed E-state index contributed by atoms with van der Waals surface area (Å²) in [5.41, 5.74) is 5.24. The Labute approximate surface area is 73.9 Å². The van der Waals surface area contributed by atoms with E-state index in [1.807, 2.05) is 26.0 Å². The second-order valence-corrected chi connectivity index (χ2v) is 3.35. The van der Waals surface area contributed by atoms with Crippen LogP contribution in [0.25, 0.3) is 0 Å². The second kappa shape index (κ2) is 5.30. The van der Waals surface area contributed by atoms with Gasteiger partial charge in [-0.1, -0.05) is 26.0 Å². The Morgan fingerprint density at radius 2 is 2.08 bits per heavy atom. The first kappa shape index (κ1) is 11.6. The molecule has 0 aliphatic rings. The molecular formula is C9H19NO2. The molecule has 0 saturated carbocycles. The van der Waals surface area contributed by atoms with Gasteiger partial charge >= 0.3 is 0 Å². The molecular weight excluding hydrogens is 154 g/mol. The van der Waals surface area contributed by atoms with Gasteiger partial charge in [0.05, 0.1) is 0 Å². The van der Waals surface area contributed by atoms with Crippen molar-refractivity contribution in [3.05, 3.63) is 12.2 Å². The molecule has 0 fully saturated rings. The molecule has 0 rings (SSSR count). The molecule has 0 saturated heterocycles. The van der Waals surface area contributed by atoms with Crippen LogP contribution in [0.3, 0.4) is 0 Å². The van der Waals surface area contributed by atoms with Gasteiger partial charge in [-0.3, -0.25) is 0 Å². The van der Waals surface area contributed by atoms with Crippen LogP contribution in [0.5, 0.6) is 0 Å². The van der Waals surface area contributed by atoms with Crippen LogP contribution >= 0.6 is 0 Å². The van der Waals surface area contributed by atoms with E-state index >= 15 is 0 Å². The van der Waals surface area contributed by atoms with Crippen LogP contribution in [0, 0.1) is 5.41 Å². The van der Waals surface area contributed by atoms with E-state index in [-0.39, 0.29) is 5.41 Å². The fraction of sp³-hybridized carbons (Fsp3) is 0.778. The Kier molecular flexibility index (Phi) is 5.13. The fourth-order valence-electron chi connectivity index (χ4n) is 1.04. The number of nitrogens with two attached hydrogens (primary N) is 1. The molecule has 12 heavy (non-hydrogen) atoms. The van der Waals surface area contributed by atoms with E-state index in [2.05, 4.69) is 0 Å². The summed E-state index contributed by atoms with van der Waals surface area (Å²) >= 11 is 0. The second-order valence-electron chi connectivity index (χ2n) is 3.35. The van der Waals surface area contributed by atoms with Gasteiger partial charge in [0.15, 0.2) is 6.29 Å². The molecule has 3 heteroatoms. The first-order valence-corrected chi connectivity index (χ1v) is 4.28. The standard InChI is InChI=1S/C9H19NO2/c1-3-4-5-9(2,7-10)6-8(11)12/h4-5,8,11-12H,3,6-7,10H2,1-2H3/b5-4+. The van der Waals surface area contributed by atoms with Gasteiger partial charge in [0, 0.05) is 18.4 Å². The molecule has 0 aliphatic carbocycles. The summed E-state index contributed by atoms with van der Waals surface area (Å²) in [5, 5.41) is 17.6. The SMILES string of the molecule is CC/C=C/C(C)(CN)CC(O)O. The van der Waals surface area contributed by atoms with E-state index in [0.29, 0.717) is 13.0 Å². The largest absolute Gasteiger partial charge is 0.368 e. The molecule has 72 valence electrons. The average molecular weight is 173 g/mol. The number of aliphatic hydroxyl groups excluding tert-OH is 1. The summed E-state index contributed by atoms with van der Waals surface area (Å²) in [4.78, 5) is 0. The van der Waals surface area contributed by atoms with Gasteiger partial charge in [-0.25, -0.2) is 0 Å². The van der Waals surface area contributed by atoms with Gasteiger partial charge in [0.2, 0.25) is 0 Å². The summed E-state index contributed by atoms with van der Waals surface area (Å²) in [6, 6.07) is 0. The summed E-state index contributed by atoms with van der Waals surface area (Å²) in [6.45, 7) is 4.38. The molecule has 4 N–H and O–H groups in total. The zero-order chi connectivity index (χ0) is 9.61. The van der Waals surface area contributed by atoms with E-state index in [1.165, 1.54) is 0 Å². The Hall–Kier alpha value is -0.380. The molecule has 0 bridgehead atoms. The van der Waals surface area contributed by atoms with E-state index in [4.69, 9.17) is 15.9 Å². The molecule has 1 atom stereocenters. The number of allylic oxidation sites excluding steroid dienone is 1. The molecule has 3 nitrogen and oxygen atoms in total. The molecule has 0 aromatic carbocycles. The number of hydrogen-bond acceptors (Lipinski definition) is 3. The third-order valence-electron chi connectivity index (χ3n) is 1.87. The zero-order valence-corrected chi connectivity index (χ0v) is 7.83. The highest BCUT2D eigenvalue weighted by Gasteiger charge is 2.21. The normalized spacial score (nSPS) is 17.2. The van der Waals surface area contributed by atoms with Gasteiger partial charge in [-0.2, -0.15) is 0 Å². The lowest BCUT2D eigenvalue weighted by Gasteiger charge is -2.24. The highest BCUT2D eigenvalue weighted by Crippen LogP contribution is 2.23. The summed E-state index contributed by atoms with van der Waals surface area (Å²) in [5.74, 6) is 0. The van der Waals surface area contributed by atoms with Gasteiger partial charge < -0.3 is 15.9 Å². The maximum absolute atomic E-state index is 8.78. The van der Waals surface area contributed by atoms with Crippen LogP contribution in [0.2, 0.25) is 0 Å². The molecule has 0 spiro atoms. The lowest BCUT2D eigenvalue weighted by atomic mass is 9.86. The predicted octanol–water partition coefficient (Wildman–Crippen LogP) is 0.618. The van der Waals surface area contributed by atoms with Crippen molar-refractivity contribution in [2.75, 3.05) is 6.54 Å². The van der Waals surface area contributed by atoms with Gasteiger partial charge in [0.1, 0.15) is 0 Å². The van der Waals surface area contributed by atoms with Crippen molar-refractivity contribution in [2.24, 2.45) is 11.1 Å². The average Bonchev–Trinajstić information content (AvgIpc) is 2.00. The number of aliphatic hydroxyl groups is 2. The molecule has 1 unspecified atom stereocenters. The number of rotatable bonds is 5. The minimum absolute atomic E-state index is 0.288. The van der Waals surface area contributed by atoms with E-state index in [0.717, 1.165) is 6.42 Å². The molecule has 0 heterocycles. The number of hydrogen-bond donors (Lipinski definition) is 3. The fourth-order valence-corrected chi connectivity index (χ4v) is 1.04. The van der Waals surface area contributed by atoms with E-state index in [1.54, 1.807) is 0 Å².